The number of nitrogens with zero attached hydrogens (tertiary/aromatic N) is 3. The molecule has 2 fully saturated rings. The SMILES string of the molecule is COc1cc(-c2cccc(Br)c2)c(F)cc1N1C(=O)CO[C@H]2CN(S(=O)(=O)Nc3ccon3)CC[C@@H]21. The number of carbonyl (C=O) groups excluding carboxylic acids is 1. The van der Waals surface area contributed by atoms with E-state index < -0.39 is 28.2 Å². The summed E-state index contributed by atoms with van der Waals surface area (Å²) in [5.41, 5.74) is 1.25. The van der Waals surface area contributed by atoms with Gasteiger partial charge in [-0.15, -0.1) is 0 Å². The molecule has 3 aromatic rings. The van der Waals surface area contributed by atoms with Gasteiger partial charge in [0.25, 0.3) is 5.91 Å². The Labute approximate surface area is 215 Å². The largest absolute Gasteiger partial charge is 0.495 e. The molecular weight excluding hydrogens is 559 g/mol. The molecule has 0 spiro atoms. The molecule has 0 bridgehead atoms. The van der Waals surface area contributed by atoms with Gasteiger partial charge in [0, 0.05) is 35.3 Å². The number of amides is 1. The van der Waals surface area contributed by atoms with Crippen LogP contribution in [0.3, 0.4) is 0 Å². The van der Waals surface area contributed by atoms with Gasteiger partial charge in [0.1, 0.15) is 24.4 Å². The number of morpholine rings is 1. The van der Waals surface area contributed by atoms with E-state index in [0.717, 1.165) is 4.47 Å². The zero-order valence-electron chi connectivity index (χ0n) is 19.1. The van der Waals surface area contributed by atoms with Gasteiger partial charge in [0.05, 0.1) is 24.9 Å². The van der Waals surface area contributed by atoms with Gasteiger partial charge in [-0.05, 0) is 30.2 Å². The topological polar surface area (TPSA) is 114 Å². The summed E-state index contributed by atoms with van der Waals surface area (Å²) in [7, 11) is -2.47. The molecule has 2 saturated heterocycles. The van der Waals surface area contributed by atoms with Crippen LogP contribution in [-0.4, -0.2) is 62.7 Å². The third kappa shape index (κ3) is 4.71. The molecule has 0 aliphatic carbocycles. The van der Waals surface area contributed by atoms with E-state index in [2.05, 4.69) is 30.3 Å². The number of ether oxygens (including phenoxy) is 2. The molecule has 10 nitrogen and oxygen atoms in total. The lowest BCUT2D eigenvalue weighted by atomic mass is 9.97. The Morgan fingerprint density at radius 1 is 1.25 bits per heavy atom. The third-order valence-electron chi connectivity index (χ3n) is 6.18. The summed E-state index contributed by atoms with van der Waals surface area (Å²) in [6.45, 7) is -0.158. The van der Waals surface area contributed by atoms with E-state index in [4.69, 9.17) is 9.47 Å². The predicted octanol–water partition coefficient (Wildman–Crippen LogP) is 3.41. The Hall–Kier alpha value is -3.00. The van der Waals surface area contributed by atoms with Crippen molar-refractivity contribution in [2.45, 2.75) is 18.6 Å². The first-order chi connectivity index (χ1) is 17.3. The molecule has 1 aromatic heterocycles. The van der Waals surface area contributed by atoms with Crippen LogP contribution in [0.1, 0.15) is 6.42 Å². The van der Waals surface area contributed by atoms with Crippen molar-refractivity contribution in [1.29, 1.82) is 0 Å². The van der Waals surface area contributed by atoms with Crippen LogP contribution in [-0.2, 0) is 19.7 Å². The fraction of sp³-hybridized carbons (Fsp3) is 0.304. The Balaban J connectivity index is 1.43. The average molecular weight is 581 g/mol. The fourth-order valence-electron chi connectivity index (χ4n) is 4.53. The summed E-state index contributed by atoms with van der Waals surface area (Å²) in [4.78, 5) is 14.4. The molecule has 36 heavy (non-hydrogen) atoms. The van der Waals surface area contributed by atoms with Crippen molar-refractivity contribution in [1.82, 2.24) is 9.46 Å². The predicted molar refractivity (Wildman–Crippen MR) is 132 cm³/mol. The van der Waals surface area contributed by atoms with Crippen LogP contribution >= 0.6 is 15.9 Å². The lowest BCUT2D eigenvalue weighted by Gasteiger charge is -2.46. The number of fused-ring (bicyclic) bond motifs is 1. The van der Waals surface area contributed by atoms with Crippen LogP contribution in [0.5, 0.6) is 5.75 Å². The van der Waals surface area contributed by atoms with Crippen molar-refractivity contribution >= 4 is 43.6 Å². The average Bonchev–Trinajstić information content (AvgIpc) is 3.36. The number of carbonyl (C=O) groups is 1. The molecule has 2 aliphatic heterocycles. The number of methoxy groups -OCH3 is 1. The van der Waals surface area contributed by atoms with E-state index in [1.807, 2.05) is 6.07 Å². The van der Waals surface area contributed by atoms with Crippen LogP contribution in [0, 0.1) is 5.82 Å². The number of hydrogen-bond donors (Lipinski definition) is 1. The first-order valence-corrected chi connectivity index (χ1v) is 13.3. The summed E-state index contributed by atoms with van der Waals surface area (Å²) >= 11 is 3.40. The molecule has 1 amide bonds. The van der Waals surface area contributed by atoms with Gasteiger partial charge in [0.15, 0.2) is 5.82 Å². The zero-order chi connectivity index (χ0) is 25.4. The molecule has 190 valence electrons. The maximum absolute atomic E-state index is 15.3. The lowest BCUT2D eigenvalue weighted by Crippen LogP contribution is -2.62. The molecule has 3 heterocycles. The molecular formula is C23H22BrFN4O6S. The van der Waals surface area contributed by atoms with E-state index >= 15 is 4.39 Å². The highest BCUT2D eigenvalue weighted by atomic mass is 79.9. The van der Waals surface area contributed by atoms with E-state index in [1.165, 1.54) is 34.7 Å². The van der Waals surface area contributed by atoms with Crippen LogP contribution in [0.25, 0.3) is 11.1 Å². The van der Waals surface area contributed by atoms with Crippen LogP contribution in [0.2, 0.25) is 0 Å². The normalized spacial score (nSPS) is 20.8. The first kappa shape index (κ1) is 24.7. The molecule has 0 saturated carbocycles. The number of anilines is 2. The highest BCUT2D eigenvalue weighted by molar-refractivity contribution is 9.10. The van der Waals surface area contributed by atoms with Crippen molar-refractivity contribution in [3.05, 3.63) is 59.0 Å². The first-order valence-electron chi connectivity index (χ1n) is 11.0. The highest BCUT2D eigenvalue weighted by Gasteiger charge is 2.44. The van der Waals surface area contributed by atoms with Crippen molar-refractivity contribution in [3.8, 4) is 16.9 Å². The van der Waals surface area contributed by atoms with Crippen molar-refractivity contribution < 1.29 is 31.6 Å². The molecule has 2 aliphatic rings. The Bertz CT molecular complexity index is 1390. The van der Waals surface area contributed by atoms with E-state index in [-0.39, 0.29) is 43.5 Å². The number of benzene rings is 2. The number of halogens is 2. The molecule has 0 radical (unpaired) electrons. The Morgan fingerprint density at radius 3 is 2.81 bits per heavy atom. The second kappa shape index (κ2) is 9.81. The molecule has 1 N–H and O–H groups in total. The number of hydrogen-bond acceptors (Lipinski definition) is 7. The minimum atomic E-state index is -3.92. The zero-order valence-corrected chi connectivity index (χ0v) is 21.5. The molecule has 13 heteroatoms. The number of aromatic nitrogens is 1. The Morgan fingerprint density at radius 2 is 2.08 bits per heavy atom. The summed E-state index contributed by atoms with van der Waals surface area (Å²) in [5, 5.41) is 3.57. The van der Waals surface area contributed by atoms with Gasteiger partial charge in [-0.3, -0.25) is 9.52 Å². The van der Waals surface area contributed by atoms with E-state index in [0.29, 0.717) is 16.9 Å². The summed E-state index contributed by atoms with van der Waals surface area (Å²) in [6, 6.07) is 10.9. The van der Waals surface area contributed by atoms with Crippen LogP contribution < -0.4 is 14.4 Å². The number of rotatable bonds is 6. The standard InChI is InChI=1S/C23H22BrFN4O6S/c1-33-20-10-16(14-3-2-4-15(24)9-14)17(25)11-19(20)29-18-5-7-28(12-21(18)34-13-23(29)30)36(31,32)27-22-6-8-35-26-22/h2-4,6,8-11,18,21H,5,7,12-13H2,1H3,(H,26,27)/t18-,21-/m0/s1. The molecule has 2 atom stereocenters. The van der Waals surface area contributed by atoms with Gasteiger partial charge in [-0.25, -0.2) is 4.39 Å². The highest BCUT2D eigenvalue weighted by Crippen LogP contribution is 2.40. The summed E-state index contributed by atoms with van der Waals surface area (Å²) in [5.74, 6) is -0.495. The lowest BCUT2D eigenvalue weighted by molar-refractivity contribution is -0.134. The van der Waals surface area contributed by atoms with Gasteiger partial charge >= 0.3 is 10.2 Å². The van der Waals surface area contributed by atoms with Crippen molar-refractivity contribution in [2.75, 3.05) is 36.4 Å². The second-order valence-corrected chi connectivity index (χ2v) is 10.9. The van der Waals surface area contributed by atoms with Gasteiger partial charge < -0.3 is 18.9 Å². The van der Waals surface area contributed by atoms with E-state index in [9.17, 15) is 13.2 Å². The van der Waals surface area contributed by atoms with Gasteiger partial charge in [0.2, 0.25) is 0 Å². The molecule has 2 aromatic carbocycles. The van der Waals surface area contributed by atoms with Crippen LogP contribution in [0.15, 0.2) is 57.7 Å². The minimum absolute atomic E-state index is 0.00253. The van der Waals surface area contributed by atoms with Crippen LogP contribution in [0.4, 0.5) is 15.9 Å². The maximum Gasteiger partial charge on any atom is 0.302 e. The van der Waals surface area contributed by atoms with E-state index in [1.54, 1.807) is 24.3 Å². The number of nitrogens with one attached hydrogen (secondary N) is 1. The van der Waals surface area contributed by atoms with Gasteiger partial charge in [-0.1, -0.05) is 33.2 Å². The maximum atomic E-state index is 15.3. The summed E-state index contributed by atoms with van der Waals surface area (Å²) in [6.07, 6.45) is 0.906. The summed E-state index contributed by atoms with van der Waals surface area (Å²) < 4.78 is 61.3. The quantitative estimate of drug-likeness (QED) is 0.475. The van der Waals surface area contributed by atoms with Crippen molar-refractivity contribution in [3.63, 3.8) is 0 Å². The fourth-order valence-corrected chi connectivity index (χ4v) is 6.12. The van der Waals surface area contributed by atoms with Crippen molar-refractivity contribution in [2.24, 2.45) is 0 Å². The molecule has 0 unspecified atom stereocenters. The smallest absolute Gasteiger partial charge is 0.302 e. The number of piperidine rings is 1. The monoisotopic (exact) mass is 580 g/mol. The van der Waals surface area contributed by atoms with Gasteiger partial charge in [-0.2, -0.15) is 12.7 Å². The molecule has 5 rings (SSSR count). The third-order valence-corrected chi connectivity index (χ3v) is 8.16. The minimum Gasteiger partial charge on any atom is -0.495 e. The second-order valence-electron chi connectivity index (χ2n) is 8.33. The Kier molecular flexibility index (Phi) is 6.72.